The van der Waals surface area contributed by atoms with Crippen molar-refractivity contribution in [2.24, 2.45) is 0 Å². The lowest BCUT2D eigenvalue weighted by Gasteiger charge is -2.06. The molecule has 0 fully saturated rings. The van der Waals surface area contributed by atoms with Crippen molar-refractivity contribution in [2.45, 2.75) is 16.7 Å². The van der Waals surface area contributed by atoms with Gasteiger partial charge in [0.25, 0.3) is 0 Å². The molecule has 0 saturated carbocycles. The van der Waals surface area contributed by atoms with Gasteiger partial charge in [-0.2, -0.15) is 0 Å². The summed E-state index contributed by atoms with van der Waals surface area (Å²) in [5, 5.41) is 11.1. The summed E-state index contributed by atoms with van der Waals surface area (Å²) in [5.41, 5.74) is 1.32. The molecule has 0 aliphatic rings. The summed E-state index contributed by atoms with van der Waals surface area (Å²) in [4.78, 5) is 17.7. The number of rotatable bonds is 4. The lowest BCUT2D eigenvalue weighted by molar-refractivity contribution is 0.0701. The van der Waals surface area contributed by atoms with E-state index in [0.717, 1.165) is 26.7 Å². The number of carbonyl (C=O) groups is 1. The normalized spacial score (nSPS) is 10.8. The molecule has 0 spiro atoms. The fourth-order valence-corrected chi connectivity index (χ4v) is 4.21. The Morgan fingerprint density at radius 1 is 1.17 bits per heavy atom. The molecular formula is C17H11Cl2NO2S2. The molecule has 0 aliphatic carbocycles. The molecule has 1 N–H and O–H groups in total. The number of aryl methyl sites for hydroxylation is 1. The second kappa shape index (κ2) is 7.15. The van der Waals surface area contributed by atoms with Crippen LogP contribution in [0.5, 0.6) is 0 Å². The van der Waals surface area contributed by atoms with Crippen molar-refractivity contribution >= 4 is 52.3 Å². The van der Waals surface area contributed by atoms with Gasteiger partial charge in [0.1, 0.15) is 9.88 Å². The molecule has 1 heterocycles. The topological polar surface area (TPSA) is 50.2 Å². The van der Waals surface area contributed by atoms with Crippen LogP contribution in [0.1, 0.15) is 15.4 Å². The molecule has 1 aromatic heterocycles. The summed E-state index contributed by atoms with van der Waals surface area (Å²) in [7, 11) is 0. The Balaban J connectivity index is 1.88. The van der Waals surface area contributed by atoms with Crippen LogP contribution in [-0.4, -0.2) is 16.1 Å². The first-order chi connectivity index (χ1) is 11.4. The molecule has 3 nitrogen and oxygen atoms in total. The van der Waals surface area contributed by atoms with Crippen molar-refractivity contribution in [3.63, 3.8) is 0 Å². The summed E-state index contributed by atoms with van der Waals surface area (Å²) in [6.45, 7) is 1.69. The second-order valence-electron chi connectivity index (χ2n) is 4.94. The minimum absolute atomic E-state index is 0.251. The molecule has 0 aliphatic heterocycles. The number of hydrogen-bond donors (Lipinski definition) is 1. The van der Waals surface area contributed by atoms with Gasteiger partial charge >= 0.3 is 5.97 Å². The molecule has 0 atom stereocenters. The Kier molecular flexibility index (Phi) is 5.15. The highest BCUT2D eigenvalue weighted by Gasteiger charge is 2.16. The molecule has 0 unspecified atom stereocenters. The number of carboxylic acid groups (broad SMARTS) is 1. The smallest absolute Gasteiger partial charge is 0.347 e. The number of hydrogen-bond acceptors (Lipinski definition) is 4. The third kappa shape index (κ3) is 3.75. The van der Waals surface area contributed by atoms with Gasteiger partial charge < -0.3 is 5.11 Å². The number of thiazole rings is 1. The van der Waals surface area contributed by atoms with Gasteiger partial charge in [-0.15, -0.1) is 11.3 Å². The first-order valence-corrected chi connectivity index (χ1v) is 9.27. The summed E-state index contributed by atoms with van der Waals surface area (Å²) in [5.74, 6) is -0.961. The van der Waals surface area contributed by atoms with Crippen LogP contribution in [0, 0.1) is 6.92 Å². The second-order valence-corrected chi connectivity index (χ2v) is 7.90. The van der Waals surface area contributed by atoms with Crippen LogP contribution in [0.4, 0.5) is 0 Å². The van der Waals surface area contributed by atoms with Crippen LogP contribution in [0.2, 0.25) is 10.0 Å². The summed E-state index contributed by atoms with van der Waals surface area (Å²) < 4.78 is 0. The molecule has 0 radical (unpaired) electrons. The Labute approximate surface area is 157 Å². The van der Waals surface area contributed by atoms with Crippen molar-refractivity contribution in [3.8, 4) is 10.6 Å². The van der Waals surface area contributed by atoms with E-state index in [1.807, 2.05) is 42.5 Å². The first-order valence-electron chi connectivity index (χ1n) is 6.88. The third-order valence-electron chi connectivity index (χ3n) is 3.21. The minimum atomic E-state index is -0.961. The molecule has 2 aromatic carbocycles. The number of aromatic carboxylic acids is 1. The Morgan fingerprint density at radius 3 is 2.46 bits per heavy atom. The molecule has 3 aromatic rings. The van der Waals surface area contributed by atoms with Crippen LogP contribution in [-0.2, 0) is 0 Å². The van der Waals surface area contributed by atoms with E-state index in [9.17, 15) is 4.79 Å². The monoisotopic (exact) mass is 395 g/mol. The molecule has 0 amide bonds. The fraction of sp³-hybridized carbons (Fsp3) is 0.0588. The van der Waals surface area contributed by atoms with E-state index < -0.39 is 5.97 Å². The predicted octanol–water partition coefficient (Wildman–Crippen LogP) is 6.27. The quantitative estimate of drug-likeness (QED) is 0.564. The highest BCUT2D eigenvalue weighted by Crippen LogP contribution is 2.37. The molecule has 7 heteroatoms. The molecular weight excluding hydrogens is 385 g/mol. The lowest BCUT2D eigenvalue weighted by Crippen LogP contribution is -1.94. The zero-order valence-corrected chi connectivity index (χ0v) is 15.6. The number of nitrogens with zero attached hydrogens (tertiary/aromatic N) is 1. The average Bonchev–Trinajstić information content (AvgIpc) is 2.93. The number of benzene rings is 2. The maximum Gasteiger partial charge on any atom is 0.347 e. The maximum atomic E-state index is 11.1. The zero-order chi connectivity index (χ0) is 17.3. The van der Waals surface area contributed by atoms with Crippen molar-refractivity contribution in [1.82, 2.24) is 4.98 Å². The van der Waals surface area contributed by atoms with E-state index in [0.29, 0.717) is 20.7 Å². The Hall–Kier alpha value is -1.53. The highest BCUT2D eigenvalue weighted by atomic mass is 35.5. The number of halogens is 2. The molecule has 3 rings (SSSR count). The van der Waals surface area contributed by atoms with E-state index in [1.165, 1.54) is 11.8 Å². The van der Waals surface area contributed by atoms with Crippen molar-refractivity contribution in [2.75, 3.05) is 0 Å². The van der Waals surface area contributed by atoms with Gasteiger partial charge in [0.05, 0.1) is 10.7 Å². The van der Waals surface area contributed by atoms with Crippen LogP contribution >= 0.6 is 46.3 Å². The predicted molar refractivity (Wildman–Crippen MR) is 99.8 cm³/mol. The van der Waals surface area contributed by atoms with E-state index in [2.05, 4.69) is 4.98 Å². The maximum absolute atomic E-state index is 11.1. The van der Waals surface area contributed by atoms with Crippen LogP contribution in [0.3, 0.4) is 0 Å². The van der Waals surface area contributed by atoms with Crippen LogP contribution in [0.15, 0.2) is 52.3 Å². The molecule has 0 saturated heterocycles. The molecule has 122 valence electrons. The number of carboxylic acids is 1. The van der Waals surface area contributed by atoms with Crippen LogP contribution < -0.4 is 0 Å². The van der Waals surface area contributed by atoms with Crippen molar-refractivity contribution in [1.29, 1.82) is 0 Å². The summed E-state index contributed by atoms with van der Waals surface area (Å²) >= 11 is 15.0. The van der Waals surface area contributed by atoms with Gasteiger partial charge in [0.15, 0.2) is 0 Å². The number of aromatic nitrogens is 1. The van der Waals surface area contributed by atoms with Crippen LogP contribution in [0.25, 0.3) is 10.6 Å². The van der Waals surface area contributed by atoms with Gasteiger partial charge in [-0.25, -0.2) is 9.78 Å². The van der Waals surface area contributed by atoms with E-state index in [4.69, 9.17) is 28.3 Å². The van der Waals surface area contributed by atoms with E-state index in [1.54, 1.807) is 6.92 Å². The summed E-state index contributed by atoms with van der Waals surface area (Å²) in [6, 6.07) is 13.1. The molecule has 0 bridgehead atoms. The Morgan fingerprint density at radius 2 is 1.88 bits per heavy atom. The summed E-state index contributed by atoms with van der Waals surface area (Å²) in [6.07, 6.45) is 0. The van der Waals surface area contributed by atoms with Gasteiger partial charge in [0.2, 0.25) is 0 Å². The van der Waals surface area contributed by atoms with Crippen molar-refractivity contribution < 1.29 is 9.90 Å². The largest absolute Gasteiger partial charge is 0.477 e. The fourth-order valence-electron chi connectivity index (χ4n) is 2.06. The van der Waals surface area contributed by atoms with E-state index >= 15 is 0 Å². The van der Waals surface area contributed by atoms with Gasteiger partial charge in [-0.05, 0) is 43.3 Å². The van der Waals surface area contributed by atoms with E-state index in [-0.39, 0.29) is 4.88 Å². The van der Waals surface area contributed by atoms with Gasteiger partial charge in [-0.3, -0.25) is 0 Å². The van der Waals surface area contributed by atoms with Gasteiger partial charge in [0, 0.05) is 20.4 Å². The standard InChI is InChI=1S/C17H11Cl2NO2S2/c1-9-15(17(21)22)24-16(20-9)10-2-7-14(13(19)8-10)23-12-5-3-11(18)4-6-12/h2-8H,1H3,(H,21,22). The molecule has 24 heavy (non-hydrogen) atoms. The highest BCUT2D eigenvalue weighted by molar-refractivity contribution is 7.99. The average molecular weight is 396 g/mol. The zero-order valence-electron chi connectivity index (χ0n) is 12.4. The lowest BCUT2D eigenvalue weighted by atomic mass is 10.2. The SMILES string of the molecule is Cc1nc(-c2ccc(Sc3ccc(Cl)cc3)c(Cl)c2)sc1C(=O)O. The van der Waals surface area contributed by atoms with Crippen molar-refractivity contribution in [3.05, 3.63) is 63.1 Å². The minimum Gasteiger partial charge on any atom is -0.477 e. The third-order valence-corrected chi connectivity index (χ3v) is 6.17. The first kappa shape index (κ1) is 17.3. The van der Waals surface area contributed by atoms with Gasteiger partial charge in [-0.1, -0.05) is 41.0 Å². The Bertz CT molecular complexity index is 907.